The molecule has 1 aromatic carbocycles. The largest absolute Gasteiger partial charge is 0.299 e. The van der Waals surface area contributed by atoms with Crippen molar-refractivity contribution in [3.05, 3.63) is 35.4 Å². The second-order valence-electron chi connectivity index (χ2n) is 4.12. The Balaban J connectivity index is 2.05. The number of benzene rings is 1. The molecule has 0 saturated heterocycles. The van der Waals surface area contributed by atoms with E-state index in [9.17, 15) is 4.79 Å². The van der Waals surface area contributed by atoms with Gasteiger partial charge in [-0.15, -0.1) is 0 Å². The summed E-state index contributed by atoms with van der Waals surface area (Å²) in [5.74, 6) is 1.42. The summed E-state index contributed by atoms with van der Waals surface area (Å²) in [5.41, 5.74) is 2.91. The van der Waals surface area contributed by atoms with Gasteiger partial charge in [-0.05, 0) is 24.0 Å². The molecule has 3 rings (SSSR count). The summed E-state index contributed by atoms with van der Waals surface area (Å²) in [7, 11) is 0. The van der Waals surface area contributed by atoms with E-state index in [4.69, 9.17) is 0 Å². The third-order valence-electron chi connectivity index (χ3n) is 3.50. The van der Waals surface area contributed by atoms with Gasteiger partial charge in [0.2, 0.25) is 0 Å². The lowest BCUT2D eigenvalue weighted by atomic mass is 9.62. The molecule has 0 aliphatic heterocycles. The molecule has 2 aliphatic rings. The number of hydrogen-bond acceptors (Lipinski definition) is 1. The zero-order chi connectivity index (χ0) is 8.84. The summed E-state index contributed by atoms with van der Waals surface area (Å²) in [6, 6.07) is 8.58. The minimum atomic E-state index is 0.370. The van der Waals surface area contributed by atoms with Crippen molar-refractivity contribution < 1.29 is 4.79 Å². The predicted octanol–water partition coefficient (Wildman–Crippen LogP) is 2.31. The molecule has 66 valence electrons. The van der Waals surface area contributed by atoms with E-state index in [0.717, 1.165) is 19.3 Å². The van der Waals surface area contributed by atoms with Crippen molar-refractivity contribution in [2.45, 2.75) is 25.2 Å². The van der Waals surface area contributed by atoms with Crippen LogP contribution in [0.15, 0.2) is 24.3 Å². The fourth-order valence-corrected chi connectivity index (χ4v) is 2.70. The molecule has 0 radical (unpaired) electrons. The maximum atomic E-state index is 11.3. The second kappa shape index (κ2) is 2.44. The Morgan fingerprint density at radius 1 is 1.15 bits per heavy atom. The number of rotatable bonds is 0. The molecule has 0 aromatic heterocycles. The molecule has 2 atom stereocenters. The molecule has 0 spiro atoms. The van der Waals surface area contributed by atoms with E-state index in [1.54, 1.807) is 0 Å². The summed E-state index contributed by atoms with van der Waals surface area (Å²) >= 11 is 0. The van der Waals surface area contributed by atoms with Crippen LogP contribution in [0.3, 0.4) is 0 Å². The first-order chi connectivity index (χ1) is 6.36. The number of carbonyl (C=O) groups is 1. The van der Waals surface area contributed by atoms with Crippen LogP contribution in [0.25, 0.3) is 0 Å². The van der Waals surface area contributed by atoms with Gasteiger partial charge in [-0.25, -0.2) is 0 Å². The zero-order valence-electron chi connectivity index (χ0n) is 7.49. The Hall–Kier alpha value is -1.11. The lowest BCUT2D eigenvalue weighted by Gasteiger charge is -2.40. The van der Waals surface area contributed by atoms with Crippen molar-refractivity contribution >= 4 is 5.78 Å². The topological polar surface area (TPSA) is 17.1 Å². The minimum absolute atomic E-state index is 0.370. The molecule has 1 nitrogen and oxygen atoms in total. The lowest BCUT2D eigenvalue weighted by molar-refractivity contribution is -0.131. The van der Waals surface area contributed by atoms with E-state index in [1.807, 2.05) is 0 Å². The van der Waals surface area contributed by atoms with Gasteiger partial charge in [0.25, 0.3) is 0 Å². The van der Waals surface area contributed by atoms with Gasteiger partial charge >= 0.3 is 0 Å². The Labute approximate surface area is 77.8 Å². The second-order valence-corrected chi connectivity index (χ2v) is 4.12. The first kappa shape index (κ1) is 7.31. The van der Waals surface area contributed by atoms with Gasteiger partial charge in [0.05, 0.1) is 0 Å². The Morgan fingerprint density at radius 2 is 2.00 bits per heavy atom. The van der Waals surface area contributed by atoms with E-state index in [2.05, 4.69) is 24.3 Å². The Morgan fingerprint density at radius 3 is 2.85 bits per heavy atom. The quantitative estimate of drug-likeness (QED) is 0.587. The van der Waals surface area contributed by atoms with Crippen molar-refractivity contribution in [3.63, 3.8) is 0 Å². The predicted molar refractivity (Wildman–Crippen MR) is 50.6 cm³/mol. The molecule has 0 amide bonds. The van der Waals surface area contributed by atoms with Crippen LogP contribution in [-0.4, -0.2) is 5.78 Å². The fraction of sp³-hybridized carbons (Fsp3) is 0.417. The van der Waals surface area contributed by atoms with Crippen LogP contribution in [-0.2, 0) is 11.2 Å². The van der Waals surface area contributed by atoms with Crippen molar-refractivity contribution in [3.8, 4) is 0 Å². The minimum Gasteiger partial charge on any atom is -0.299 e. The number of ketones is 1. The average Bonchev–Trinajstić information content (AvgIpc) is 2.16. The maximum absolute atomic E-state index is 11.3. The normalized spacial score (nSPS) is 30.3. The number of carbonyl (C=O) groups excluding carboxylic acids is 1. The summed E-state index contributed by atoms with van der Waals surface area (Å²) in [6.45, 7) is 0. The average molecular weight is 172 g/mol. The molecule has 1 fully saturated rings. The number of fused-ring (bicyclic) bond motifs is 3. The van der Waals surface area contributed by atoms with Crippen LogP contribution < -0.4 is 0 Å². The van der Waals surface area contributed by atoms with Gasteiger partial charge in [0.1, 0.15) is 5.78 Å². The summed E-state index contributed by atoms with van der Waals surface area (Å²) < 4.78 is 0. The van der Waals surface area contributed by atoms with Crippen molar-refractivity contribution in [1.82, 2.24) is 0 Å². The van der Waals surface area contributed by atoms with Crippen LogP contribution in [0.5, 0.6) is 0 Å². The molecule has 1 heteroatoms. The van der Waals surface area contributed by atoms with Gasteiger partial charge in [-0.1, -0.05) is 24.3 Å². The van der Waals surface area contributed by atoms with Gasteiger partial charge in [-0.2, -0.15) is 0 Å². The van der Waals surface area contributed by atoms with Gasteiger partial charge < -0.3 is 0 Å². The zero-order valence-corrected chi connectivity index (χ0v) is 7.49. The summed E-state index contributed by atoms with van der Waals surface area (Å²) in [4.78, 5) is 11.3. The number of aryl methyl sites for hydroxylation is 1. The van der Waals surface area contributed by atoms with Gasteiger partial charge in [-0.3, -0.25) is 4.79 Å². The Kier molecular flexibility index (Phi) is 1.37. The first-order valence-electron chi connectivity index (χ1n) is 4.97. The molecule has 1 saturated carbocycles. The van der Waals surface area contributed by atoms with E-state index >= 15 is 0 Å². The third-order valence-corrected chi connectivity index (χ3v) is 3.50. The van der Waals surface area contributed by atoms with Crippen molar-refractivity contribution in [2.24, 2.45) is 5.92 Å². The molecule has 0 unspecified atom stereocenters. The molecule has 0 N–H and O–H groups in total. The molecule has 1 aromatic rings. The highest BCUT2D eigenvalue weighted by Crippen LogP contribution is 2.46. The van der Waals surface area contributed by atoms with Crippen LogP contribution >= 0.6 is 0 Å². The molecule has 13 heavy (non-hydrogen) atoms. The van der Waals surface area contributed by atoms with E-state index in [0.29, 0.717) is 17.6 Å². The van der Waals surface area contributed by atoms with Gasteiger partial charge in [0, 0.05) is 18.3 Å². The smallest absolute Gasteiger partial charge is 0.137 e. The number of Topliss-reactive ketones (excluding diaryl/α,β-unsaturated/α-hetero) is 1. The summed E-state index contributed by atoms with van der Waals surface area (Å²) in [5, 5.41) is 0. The highest BCUT2D eigenvalue weighted by molar-refractivity contribution is 5.90. The monoisotopic (exact) mass is 172 g/mol. The van der Waals surface area contributed by atoms with Crippen molar-refractivity contribution in [2.75, 3.05) is 0 Å². The van der Waals surface area contributed by atoms with Crippen LogP contribution in [0.2, 0.25) is 0 Å². The summed E-state index contributed by atoms with van der Waals surface area (Å²) in [6.07, 6.45) is 2.98. The van der Waals surface area contributed by atoms with Crippen LogP contribution in [0.1, 0.15) is 29.9 Å². The van der Waals surface area contributed by atoms with Gasteiger partial charge in [0.15, 0.2) is 0 Å². The Bertz CT molecular complexity index is 367. The van der Waals surface area contributed by atoms with Crippen molar-refractivity contribution in [1.29, 1.82) is 0 Å². The number of hydrogen-bond donors (Lipinski definition) is 0. The molecular weight excluding hydrogens is 160 g/mol. The molecule has 0 bridgehead atoms. The fourth-order valence-electron chi connectivity index (χ4n) is 2.70. The molecular formula is C12H12O. The highest BCUT2D eigenvalue weighted by atomic mass is 16.1. The van der Waals surface area contributed by atoms with E-state index in [1.165, 1.54) is 11.1 Å². The van der Waals surface area contributed by atoms with Crippen LogP contribution in [0, 0.1) is 5.92 Å². The lowest BCUT2D eigenvalue weighted by Crippen LogP contribution is -2.38. The standard InChI is InChI=1S/C12H12O/c13-12-7-11-9-4-2-1-3-8(9)5-6-10(11)12/h1-4,10-11H,5-7H2/t10-,11-/m0/s1. The first-order valence-corrected chi connectivity index (χ1v) is 4.97. The van der Waals surface area contributed by atoms with E-state index < -0.39 is 0 Å². The molecule has 2 aliphatic carbocycles. The van der Waals surface area contributed by atoms with E-state index in [-0.39, 0.29) is 0 Å². The third kappa shape index (κ3) is 0.902. The highest BCUT2D eigenvalue weighted by Gasteiger charge is 2.43. The molecule has 0 heterocycles. The van der Waals surface area contributed by atoms with Crippen LogP contribution in [0.4, 0.5) is 0 Å². The SMILES string of the molecule is O=C1C[C@H]2c3ccccc3CC[C@H]12. The maximum Gasteiger partial charge on any atom is 0.137 e.